The van der Waals surface area contributed by atoms with E-state index in [2.05, 4.69) is 0 Å². The number of hydrogen-bond donors (Lipinski definition) is 5. The van der Waals surface area contributed by atoms with Gasteiger partial charge in [0.25, 0.3) is 0 Å². The summed E-state index contributed by atoms with van der Waals surface area (Å²) < 4.78 is 28.1. The van der Waals surface area contributed by atoms with Crippen LogP contribution in [0.3, 0.4) is 0 Å². The van der Waals surface area contributed by atoms with Crippen LogP contribution in [-0.4, -0.2) is 101 Å². The number of methoxy groups -OCH3 is 3. The van der Waals surface area contributed by atoms with Gasteiger partial charge in [0.2, 0.25) is 5.78 Å². The first-order chi connectivity index (χ1) is 18.9. The number of aliphatic hydroxyl groups excluding tert-OH is 2. The van der Waals surface area contributed by atoms with E-state index in [1.807, 2.05) is 0 Å². The molecule has 0 radical (unpaired) electrons. The molecule has 3 aliphatic rings. The molecule has 1 fully saturated rings. The topological polar surface area (TPSA) is 181 Å². The molecule has 1 aliphatic heterocycles. The summed E-state index contributed by atoms with van der Waals surface area (Å²) in [5.74, 6) is -2.30. The molecule has 0 spiro atoms. The van der Waals surface area contributed by atoms with Crippen LogP contribution in [0.1, 0.15) is 62.9 Å². The molecule has 216 valence electrons. The quantitative estimate of drug-likeness (QED) is 0.296. The lowest BCUT2D eigenvalue weighted by atomic mass is 9.73. The highest BCUT2D eigenvalue weighted by atomic mass is 16.7. The average Bonchev–Trinajstić information content (AvgIpc) is 2.89. The van der Waals surface area contributed by atoms with Gasteiger partial charge in [0.05, 0.1) is 29.9 Å². The van der Waals surface area contributed by atoms with Crippen LogP contribution in [0.4, 0.5) is 0 Å². The van der Waals surface area contributed by atoms with Crippen LogP contribution in [-0.2, 0) is 25.4 Å². The van der Waals surface area contributed by atoms with Crippen LogP contribution < -0.4 is 4.74 Å². The Hall–Kier alpha value is -3.10. The molecule has 0 amide bonds. The van der Waals surface area contributed by atoms with Crippen LogP contribution in [0, 0.1) is 0 Å². The first-order valence-corrected chi connectivity index (χ1v) is 12.7. The maximum Gasteiger partial charge on any atom is 0.201 e. The Balaban J connectivity index is 1.67. The normalized spacial score (nSPS) is 33.2. The van der Waals surface area contributed by atoms with Crippen molar-refractivity contribution < 1.29 is 58.8 Å². The standard InChI is InChI=1S/C28H32O12/c1-10-19(30)23(34)25(37-4)27(39-10)40-24-16-11(9-28(2,35)26(24)38-5)6-13-18(21(16)32)22(33)17-14(20(13)31)7-12(36-3)8-15(17)29/h6-8,10,19,23-27,29-30,32,34-35H,9H2,1-5H3/t10-,19-,23+,24?,25+,26-,27-,28+/m0/s1. The summed E-state index contributed by atoms with van der Waals surface area (Å²) in [6.45, 7) is 3.03. The van der Waals surface area contributed by atoms with Gasteiger partial charge in [0.15, 0.2) is 12.1 Å². The minimum Gasteiger partial charge on any atom is -0.507 e. The van der Waals surface area contributed by atoms with E-state index in [1.54, 1.807) is 0 Å². The second-order valence-electron chi connectivity index (χ2n) is 10.6. The largest absolute Gasteiger partial charge is 0.507 e. The molecule has 2 aromatic rings. The molecule has 1 unspecified atom stereocenters. The van der Waals surface area contributed by atoms with E-state index in [9.17, 15) is 35.1 Å². The summed E-state index contributed by atoms with van der Waals surface area (Å²) >= 11 is 0. The fourth-order valence-corrected chi connectivity index (χ4v) is 6.01. The minimum absolute atomic E-state index is 0.0708. The summed E-state index contributed by atoms with van der Waals surface area (Å²) in [5.41, 5.74) is -2.00. The molecule has 0 bridgehead atoms. The van der Waals surface area contributed by atoms with E-state index in [-0.39, 0.29) is 40.0 Å². The molecular formula is C28H32O12. The Labute approximate surface area is 229 Å². The third kappa shape index (κ3) is 4.18. The van der Waals surface area contributed by atoms with E-state index >= 15 is 0 Å². The lowest BCUT2D eigenvalue weighted by Crippen LogP contribution is -2.59. The zero-order valence-electron chi connectivity index (χ0n) is 22.6. The van der Waals surface area contributed by atoms with E-state index < -0.39 is 71.6 Å². The molecule has 2 aliphatic carbocycles. The van der Waals surface area contributed by atoms with E-state index in [4.69, 9.17) is 23.7 Å². The maximum atomic E-state index is 13.6. The molecule has 8 atom stereocenters. The molecule has 5 N–H and O–H groups in total. The number of aromatic hydroxyl groups is 2. The molecular weight excluding hydrogens is 528 g/mol. The minimum atomic E-state index is -1.57. The molecule has 1 saturated heterocycles. The fraction of sp³-hybridized carbons (Fsp3) is 0.500. The Morgan fingerprint density at radius 2 is 1.62 bits per heavy atom. The molecule has 40 heavy (non-hydrogen) atoms. The molecule has 12 heteroatoms. The summed E-state index contributed by atoms with van der Waals surface area (Å²) in [6.07, 6.45) is -8.39. The van der Waals surface area contributed by atoms with Gasteiger partial charge in [-0.1, -0.05) is 0 Å². The van der Waals surface area contributed by atoms with Gasteiger partial charge in [-0.3, -0.25) is 9.59 Å². The van der Waals surface area contributed by atoms with Crippen LogP contribution in [0.2, 0.25) is 0 Å². The van der Waals surface area contributed by atoms with Gasteiger partial charge < -0.3 is 49.2 Å². The Kier molecular flexibility index (Phi) is 7.16. The number of carbonyl (C=O) groups is 2. The summed E-state index contributed by atoms with van der Waals surface area (Å²) in [6, 6.07) is 3.95. The molecule has 0 aromatic heterocycles. The summed E-state index contributed by atoms with van der Waals surface area (Å²) in [5, 5.41) is 54.4. The number of phenolic OH excluding ortho intramolecular Hbond substituents is 2. The van der Waals surface area contributed by atoms with Crippen molar-refractivity contribution in [3.8, 4) is 17.2 Å². The van der Waals surface area contributed by atoms with Gasteiger partial charge in [0.1, 0.15) is 47.8 Å². The van der Waals surface area contributed by atoms with Gasteiger partial charge in [-0.2, -0.15) is 0 Å². The number of rotatable bonds is 5. The Bertz CT molecular complexity index is 1370. The number of benzene rings is 2. The van der Waals surface area contributed by atoms with Crippen molar-refractivity contribution in [1.82, 2.24) is 0 Å². The molecule has 2 aromatic carbocycles. The van der Waals surface area contributed by atoms with Crippen molar-refractivity contribution in [2.75, 3.05) is 21.3 Å². The smallest absolute Gasteiger partial charge is 0.201 e. The van der Waals surface area contributed by atoms with Crippen molar-refractivity contribution in [3.05, 3.63) is 51.6 Å². The van der Waals surface area contributed by atoms with Gasteiger partial charge in [-0.05, 0) is 31.5 Å². The third-order valence-electron chi connectivity index (χ3n) is 8.01. The zero-order chi connectivity index (χ0) is 29.3. The zero-order valence-corrected chi connectivity index (χ0v) is 22.6. The molecule has 0 saturated carbocycles. The maximum absolute atomic E-state index is 13.6. The number of fused-ring (bicyclic) bond motifs is 3. The van der Waals surface area contributed by atoms with Crippen molar-refractivity contribution in [2.24, 2.45) is 0 Å². The van der Waals surface area contributed by atoms with Crippen molar-refractivity contribution >= 4 is 11.6 Å². The first kappa shape index (κ1) is 28.4. The number of aliphatic hydroxyl groups is 3. The summed E-state index contributed by atoms with van der Waals surface area (Å²) in [7, 11) is 3.99. The predicted molar refractivity (Wildman–Crippen MR) is 136 cm³/mol. The summed E-state index contributed by atoms with van der Waals surface area (Å²) in [4.78, 5) is 27.2. The average molecular weight is 561 g/mol. The number of carbonyl (C=O) groups excluding carboxylic acids is 2. The van der Waals surface area contributed by atoms with Crippen molar-refractivity contribution in [2.45, 2.75) is 68.8 Å². The highest BCUT2D eigenvalue weighted by Crippen LogP contribution is 2.49. The monoisotopic (exact) mass is 560 g/mol. The highest BCUT2D eigenvalue weighted by Gasteiger charge is 2.52. The first-order valence-electron chi connectivity index (χ1n) is 12.7. The third-order valence-corrected chi connectivity index (χ3v) is 8.01. The lowest BCUT2D eigenvalue weighted by Gasteiger charge is -2.47. The van der Waals surface area contributed by atoms with Crippen molar-refractivity contribution in [3.63, 3.8) is 0 Å². The van der Waals surface area contributed by atoms with Gasteiger partial charge >= 0.3 is 0 Å². The van der Waals surface area contributed by atoms with E-state index in [0.717, 1.165) is 0 Å². The molecule has 12 nitrogen and oxygen atoms in total. The number of hydrogen-bond acceptors (Lipinski definition) is 12. The number of ether oxygens (including phenoxy) is 5. The Morgan fingerprint density at radius 1 is 0.950 bits per heavy atom. The van der Waals surface area contributed by atoms with E-state index in [1.165, 1.54) is 53.4 Å². The molecule has 5 rings (SSSR count). The van der Waals surface area contributed by atoms with Gasteiger partial charge in [-0.25, -0.2) is 0 Å². The van der Waals surface area contributed by atoms with Crippen LogP contribution >= 0.6 is 0 Å². The number of phenols is 2. The predicted octanol–water partition coefficient (Wildman–Crippen LogP) is 0.743. The second kappa shape index (κ2) is 10.1. The second-order valence-corrected chi connectivity index (χ2v) is 10.6. The number of ketones is 2. The van der Waals surface area contributed by atoms with Gasteiger partial charge in [-0.15, -0.1) is 0 Å². The highest BCUT2D eigenvalue weighted by molar-refractivity contribution is 6.30. The van der Waals surface area contributed by atoms with Crippen LogP contribution in [0.15, 0.2) is 18.2 Å². The Morgan fingerprint density at radius 3 is 2.25 bits per heavy atom. The van der Waals surface area contributed by atoms with Crippen LogP contribution in [0.25, 0.3) is 0 Å². The SMILES string of the molecule is COc1cc(O)c2c(c1)C(=O)c1cc3c(c(O)c1C2=O)C(O[C@@H]1O[C@@H](C)[C@H](O)[C@@H](O)[C@H]1OC)[C@H](OC)[C@](C)(O)C3. The fourth-order valence-electron chi connectivity index (χ4n) is 6.01. The van der Waals surface area contributed by atoms with Gasteiger partial charge in [0, 0.05) is 43.4 Å². The van der Waals surface area contributed by atoms with Crippen LogP contribution in [0.5, 0.6) is 17.2 Å². The van der Waals surface area contributed by atoms with Crippen molar-refractivity contribution in [1.29, 1.82) is 0 Å². The van der Waals surface area contributed by atoms with E-state index in [0.29, 0.717) is 5.56 Å². The molecule has 1 heterocycles. The lowest BCUT2D eigenvalue weighted by molar-refractivity contribution is -0.323.